The van der Waals surface area contributed by atoms with E-state index in [0.717, 1.165) is 0 Å². The lowest BCUT2D eigenvalue weighted by molar-refractivity contribution is 0.421. The average Bonchev–Trinajstić information content (AvgIpc) is 2.31. The smallest absolute Gasteiger partial charge is 0.321 e. The van der Waals surface area contributed by atoms with Gasteiger partial charge >= 0.3 is 6.01 Å². The van der Waals surface area contributed by atoms with Gasteiger partial charge in [-0.25, -0.2) is 4.39 Å². The minimum atomic E-state index is -0.443. The van der Waals surface area contributed by atoms with E-state index in [1.165, 1.54) is 0 Å². The number of alkyl halides is 1. The van der Waals surface area contributed by atoms with Crippen molar-refractivity contribution in [3.8, 4) is 0 Å². The van der Waals surface area contributed by atoms with Gasteiger partial charge in [-0.3, -0.25) is 0 Å². The molecule has 10 heavy (non-hydrogen) atoms. The van der Waals surface area contributed by atoms with Gasteiger partial charge in [-0.2, -0.15) is 4.98 Å². The van der Waals surface area contributed by atoms with E-state index in [1.54, 1.807) is 6.92 Å². The lowest BCUT2D eigenvalue weighted by Gasteiger charge is -1.91. The van der Waals surface area contributed by atoms with Gasteiger partial charge in [-0.05, 0) is 6.92 Å². The van der Waals surface area contributed by atoms with Crippen molar-refractivity contribution in [2.75, 3.05) is 18.5 Å². The molecule has 0 saturated heterocycles. The average molecular weight is 145 g/mol. The Morgan fingerprint density at radius 1 is 1.70 bits per heavy atom. The molecule has 0 fully saturated rings. The number of hydrogen-bond donors (Lipinski definition) is 1. The maximum absolute atomic E-state index is 11.5. The van der Waals surface area contributed by atoms with Gasteiger partial charge in [0.15, 0.2) is 5.82 Å². The Morgan fingerprint density at radius 3 is 3.00 bits per heavy atom. The molecule has 1 aromatic rings. The van der Waals surface area contributed by atoms with E-state index in [2.05, 4.69) is 20.0 Å². The molecule has 0 aliphatic carbocycles. The summed E-state index contributed by atoms with van der Waals surface area (Å²) < 4.78 is 16.2. The molecule has 0 atom stereocenters. The molecule has 5 heteroatoms. The normalized spacial score (nSPS) is 9.80. The zero-order valence-electron chi connectivity index (χ0n) is 5.59. The van der Waals surface area contributed by atoms with Crippen LogP contribution in [0.15, 0.2) is 4.52 Å². The Morgan fingerprint density at radius 2 is 2.50 bits per heavy atom. The highest BCUT2D eigenvalue weighted by Gasteiger charge is 1.98. The first-order valence-electron chi connectivity index (χ1n) is 2.93. The van der Waals surface area contributed by atoms with Crippen LogP contribution < -0.4 is 5.32 Å². The van der Waals surface area contributed by atoms with Crippen molar-refractivity contribution in [3.05, 3.63) is 5.82 Å². The molecule has 0 radical (unpaired) electrons. The quantitative estimate of drug-likeness (QED) is 0.682. The number of rotatable bonds is 3. The molecule has 0 saturated carbocycles. The topological polar surface area (TPSA) is 51.0 Å². The van der Waals surface area contributed by atoms with E-state index in [0.29, 0.717) is 5.82 Å². The summed E-state index contributed by atoms with van der Waals surface area (Å²) in [5.41, 5.74) is 0. The Balaban J connectivity index is 2.42. The van der Waals surface area contributed by atoms with Crippen LogP contribution in [0.4, 0.5) is 10.4 Å². The SMILES string of the molecule is Cc1noc(NCCF)n1. The zero-order chi connectivity index (χ0) is 7.40. The fraction of sp³-hybridized carbons (Fsp3) is 0.600. The summed E-state index contributed by atoms with van der Waals surface area (Å²) in [6, 6.07) is 0.273. The van der Waals surface area contributed by atoms with E-state index in [4.69, 9.17) is 0 Å². The first-order valence-corrected chi connectivity index (χ1v) is 2.93. The van der Waals surface area contributed by atoms with Crippen LogP contribution in [0.25, 0.3) is 0 Å². The molecule has 0 spiro atoms. The summed E-state index contributed by atoms with van der Waals surface area (Å²) in [4.78, 5) is 3.79. The summed E-state index contributed by atoms with van der Waals surface area (Å²) in [5.74, 6) is 0.543. The van der Waals surface area contributed by atoms with Gasteiger partial charge in [0.25, 0.3) is 0 Å². The van der Waals surface area contributed by atoms with Crippen LogP contribution in [0.3, 0.4) is 0 Å². The molecular formula is C5H8FN3O. The van der Waals surface area contributed by atoms with Gasteiger partial charge in [0.05, 0.1) is 0 Å². The van der Waals surface area contributed by atoms with E-state index in [9.17, 15) is 4.39 Å². The second kappa shape index (κ2) is 3.14. The van der Waals surface area contributed by atoms with Crippen LogP contribution in [0, 0.1) is 6.92 Å². The molecule has 1 heterocycles. The molecule has 4 nitrogen and oxygen atoms in total. The number of nitrogens with zero attached hydrogens (tertiary/aromatic N) is 2. The maximum atomic E-state index is 11.5. The predicted molar refractivity (Wildman–Crippen MR) is 33.5 cm³/mol. The maximum Gasteiger partial charge on any atom is 0.321 e. The van der Waals surface area contributed by atoms with Crippen LogP contribution in [0.1, 0.15) is 5.82 Å². The highest BCUT2D eigenvalue weighted by molar-refractivity contribution is 5.17. The second-order valence-electron chi connectivity index (χ2n) is 1.76. The first-order chi connectivity index (χ1) is 4.83. The van der Waals surface area contributed by atoms with Crippen LogP contribution in [-0.4, -0.2) is 23.4 Å². The Labute approximate surface area is 57.4 Å². The molecule has 0 aliphatic heterocycles. The van der Waals surface area contributed by atoms with Gasteiger partial charge < -0.3 is 9.84 Å². The summed E-state index contributed by atoms with van der Waals surface area (Å²) in [5, 5.41) is 6.10. The number of aromatic nitrogens is 2. The van der Waals surface area contributed by atoms with E-state index < -0.39 is 6.67 Å². The van der Waals surface area contributed by atoms with Crippen molar-refractivity contribution in [2.45, 2.75) is 6.92 Å². The molecule has 0 aromatic carbocycles. The molecule has 0 unspecified atom stereocenters. The van der Waals surface area contributed by atoms with Gasteiger partial charge in [-0.15, -0.1) is 0 Å². The number of aryl methyl sites for hydroxylation is 1. The van der Waals surface area contributed by atoms with E-state index in [1.807, 2.05) is 0 Å². The van der Waals surface area contributed by atoms with Crippen molar-refractivity contribution in [2.24, 2.45) is 0 Å². The van der Waals surface area contributed by atoms with Gasteiger partial charge in [0.1, 0.15) is 6.67 Å². The summed E-state index contributed by atoms with van der Waals surface area (Å²) in [6.07, 6.45) is 0. The Bertz CT molecular complexity index is 201. The monoisotopic (exact) mass is 145 g/mol. The summed E-state index contributed by atoms with van der Waals surface area (Å²) in [7, 11) is 0. The first kappa shape index (κ1) is 6.98. The molecule has 56 valence electrons. The minimum absolute atomic E-state index is 0.210. The third-order valence-electron chi connectivity index (χ3n) is 0.898. The number of anilines is 1. The van der Waals surface area contributed by atoms with Crippen molar-refractivity contribution >= 4 is 6.01 Å². The van der Waals surface area contributed by atoms with Crippen LogP contribution in [0.5, 0.6) is 0 Å². The highest BCUT2D eigenvalue weighted by Crippen LogP contribution is 2.00. The Kier molecular flexibility index (Phi) is 2.20. The molecule has 0 amide bonds. The largest absolute Gasteiger partial charge is 0.335 e. The molecule has 1 aromatic heterocycles. The number of nitrogens with one attached hydrogen (secondary N) is 1. The lowest BCUT2D eigenvalue weighted by Crippen LogP contribution is -2.02. The highest BCUT2D eigenvalue weighted by atomic mass is 19.1. The molecule has 1 N–H and O–H groups in total. The van der Waals surface area contributed by atoms with Gasteiger partial charge in [0.2, 0.25) is 0 Å². The standard InChI is InChI=1S/C5H8FN3O/c1-4-8-5(10-9-4)7-3-2-6/h2-3H2,1H3,(H,7,8,9). The predicted octanol–water partition coefficient (Wildman–Crippen LogP) is 0.759. The van der Waals surface area contributed by atoms with Crippen molar-refractivity contribution in [1.29, 1.82) is 0 Å². The van der Waals surface area contributed by atoms with Gasteiger partial charge in [0, 0.05) is 6.54 Å². The lowest BCUT2D eigenvalue weighted by atomic mass is 10.7. The Hall–Kier alpha value is -1.13. The molecular weight excluding hydrogens is 137 g/mol. The molecule has 1 rings (SSSR count). The van der Waals surface area contributed by atoms with Crippen molar-refractivity contribution < 1.29 is 8.91 Å². The van der Waals surface area contributed by atoms with Gasteiger partial charge in [-0.1, -0.05) is 5.16 Å². The number of halogens is 1. The minimum Gasteiger partial charge on any atom is -0.335 e. The fourth-order valence-electron chi connectivity index (χ4n) is 0.523. The second-order valence-corrected chi connectivity index (χ2v) is 1.76. The summed E-state index contributed by atoms with van der Waals surface area (Å²) >= 11 is 0. The third kappa shape index (κ3) is 1.68. The van der Waals surface area contributed by atoms with E-state index in [-0.39, 0.29) is 12.6 Å². The number of hydrogen-bond acceptors (Lipinski definition) is 4. The fourth-order valence-corrected chi connectivity index (χ4v) is 0.523. The zero-order valence-corrected chi connectivity index (χ0v) is 5.59. The van der Waals surface area contributed by atoms with Crippen LogP contribution in [0.2, 0.25) is 0 Å². The van der Waals surface area contributed by atoms with Crippen molar-refractivity contribution in [1.82, 2.24) is 10.1 Å². The molecule has 0 bridgehead atoms. The van der Waals surface area contributed by atoms with Crippen molar-refractivity contribution in [3.63, 3.8) is 0 Å². The molecule has 0 aliphatic rings. The third-order valence-corrected chi connectivity index (χ3v) is 0.898. The van der Waals surface area contributed by atoms with E-state index >= 15 is 0 Å². The van der Waals surface area contributed by atoms with Crippen LogP contribution >= 0.6 is 0 Å². The summed E-state index contributed by atoms with van der Waals surface area (Å²) in [6.45, 7) is 1.47. The van der Waals surface area contributed by atoms with Crippen LogP contribution in [-0.2, 0) is 0 Å².